The lowest BCUT2D eigenvalue weighted by Crippen LogP contribution is -2.13. The molecular formula is C16H18ClN5O. The van der Waals surface area contributed by atoms with Gasteiger partial charge in [-0.25, -0.2) is 4.98 Å². The highest BCUT2D eigenvalue weighted by atomic mass is 35.5. The first kappa shape index (κ1) is 15.6. The Bertz CT molecular complexity index is 828. The quantitative estimate of drug-likeness (QED) is 0.684. The molecule has 23 heavy (non-hydrogen) atoms. The van der Waals surface area contributed by atoms with Gasteiger partial charge in [0.2, 0.25) is 5.28 Å². The lowest BCUT2D eigenvalue weighted by Gasteiger charge is -2.20. The van der Waals surface area contributed by atoms with Gasteiger partial charge < -0.3 is 9.64 Å². The van der Waals surface area contributed by atoms with Gasteiger partial charge in [-0.2, -0.15) is 10.1 Å². The Morgan fingerprint density at radius 2 is 1.87 bits per heavy atom. The van der Waals surface area contributed by atoms with E-state index in [-0.39, 0.29) is 11.4 Å². The molecule has 0 saturated carbocycles. The summed E-state index contributed by atoms with van der Waals surface area (Å²) in [4.78, 5) is 10.5. The fourth-order valence-corrected chi connectivity index (χ4v) is 2.58. The number of hydrogen-bond donors (Lipinski definition) is 0. The summed E-state index contributed by atoms with van der Waals surface area (Å²) >= 11 is 6.04. The van der Waals surface area contributed by atoms with Gasteiger partial charge in [-0.05, 0) is 49.7 Å². The molecule has 2 aromatic heterocycles. The van der Waals surface area contributed by atoms with Gasteiger partial charge in [0, 0.05) is 19.8 Å². The third-order valence-corrected chi connectivity index (χ3v) is 3.62. The van der Waals surface area contributed by atoms with Crippen molar-refractivity contribution in [3.05, 3.63) is 35.7 Å². The van der Waals surface area contributed by atoms with Crippen molar-refractivity contribution in [1.29, 1.82) is 0 Å². The minimum absolute atomic E-state index is 0.147. The van der Waals surface area contributed by atoms with Gasteiger partial charge in [-0.1, -0.05) is 0 Å². The Hall–Kier alpha value is -2.34. The fourth-order valence-electron chi connectivity index (χ4n) is 2.41. The molecule has 0 atom stereocenters. The van der Waals surface area contributed by atoms with E-state index in [9.17, 15) is 0 Å². The second kappa shape index (κ2) is 6.04. The fraction of sp³-hybridized carbons (Fsp3) is 0.312. The largest absolute Gasteiger partial charge is 0.491 e. The topological polar surface area (TPSA) is 56.1 Å². The minimum Gasteiger partial charge on any atom is -0.491 e. The molecular weight excluding hydrogens is 314 g/mol. The number of benzene rings is 1. The van der Waals surface area contributed by atoms with Crippen LogP contribution in [-0.4, -0.2) is 32.9 Å². The Labute approximate surface area is 139 Å². The van der Waals surface area contributed by atoms with Crippen LogP contribution in [0.4, 0.5) is 11.5 Å². The molecule has 0 radical (unpaired) electrons. The highest BCUT2D eigenvalue weighted by Gasteiger charge is 2.16. The smallest absolute Gasteiger partial charge is 0.225 e. The maximum absolute atomic E-state index is 6.04. The first-order valence-electron chi connectivity index (χ1n) is 7.31. The van der Waals surface area contributed by atoms with Crippen LogP contribution in [-0.2, 0) is 7.05 Å². The molecule has 2 heterocycles. The van der Waals surface area contributed by atoms with Crippen LogP contribution in [0.25, 0.3) is 11.0 Å². The molecule has 0 saturated heterocycles. The normalized spacial score (nSPS) is 11.2. The van der Waals surface area contributed by atoms with Crippen molar-refractivity contribution >= 4 is 34.1 Å². The van der Waals surface area contributed by atoms with E-state index in [1.165, 1.54) is 0 Å². The predicted octanol–water partition coefficient (Wildman–Crippen LogP) is 3.57. The summed E-state index contributed by atoms with van der Waals surface area (Å²) in [7, 11) is 3.79. The van der Waals surface area contributed by atoms with Crippen LogP contribution >= 0.6 is 11.6 Å². The van der Waals surface area contributed by atoms with E-state index in [1.807, 2.05) is 57.1 Å². The van der Waals surface area contributed by atoms with Gasteiger partial charge >= 0.3 is 0 Å². The molecule has 0 fully saturated rings. The minimum atomic E-state index is 0.147. The molecule has 0 amide bonds. The Balaban J connectivity index is 2.00. The van der Waals surface area contributed by atoms with Crippen LogP contribution in [0.3, 0.4) is 0 Å². The number of ether oxygens (including phenoxy) is 1. The zero-order valence-electron chi connectivity index (χ0n) is 13.5. The van der Waals surface area contributed by atoms with Crippen molar-refractivity contribution < 1.29 is 4.74 Å². The Morgan fingerprint density at radius 1 is 1.17 bits per heavy atom. The third-order valence-electron chi connectivity index (χ3n) is 3.46. The number of aromatic nitrogens is 4. The second-order valence-electron chi connectivity index (χ2n) is 5.54. The van der Waals surface area contributed by atoms with Gasteiger partial charge in [0.25, 0.3) is 0 Å². The Kier molecular flexibility index (Phi) is 4.09. The van der Waals surface area contributed by atoms with Crippen LogP contribution in [0.1, 0.15) is 13.8 Å². The number of aryl methyl sites for hydroxylation is 1. The monoisotopic (exact) mass is 331 g/mol. The maximum atomic E-state index is 6.04. The predicted molar refractivity (Wildman–Crippen MR) is 91.6 cm³/mol. The zero-order valence-corrected chi connectivity index (χ0v) is 14.2. The van der Waals surface area contributed by atoms with Crippen molar-refractivity contribution in [3.63, 3.8) is 0 Å². The molecule has 1 aromatic carbocycles. The summed E-state index contributed by atoms with van der Waals surface area (Å²) < 4.78 is 7.42. The van der Waals surface area contributed by atoms with Crippen LogP contribution in [0.5, 0.6) is 5.75 Å². The van der Waals surface area contributed by atoms with E-state index >= 15 is 0 Å². The molecule has 0 aliphatic rings. The van der Waals surface area contributed by atoms with Crippen molar-refractivity contribution in [1.82, 2.24) is 19.7 Å². The van der Waals surface area contributed by atoms with Gasteiger partial charge in [-0.3, -0.25) is 4.68 Å². The first-order valence-corrected chi connectivity index (χ1v) is 7.69. The summed E-state index contributed by atoms with van der Waals surface area (Å²) in [6, 6.07) is 7.84. The van der Waals surface area contributed by atoms with Gasteiger partial charge in [0.05, 0.1) is 12.3 Å². The SMILES string of the molecule is CC(C)Oc1ccc(N(C)c2nc(Cl)nc3cnn(C)c23)cc1. The molecule has 3 aromatic rings. The number of halogens is 1. The number of nitrogens with zero attached hydrogens (tertiary/aromatic N) is 5. The lowest BCUT2D eigenvalue weighted by atomic mass is 10.2. The molecule has 0 N–H and O–H groups in total. The van der Waals surface area contributed by atoms with Crippen molar-refractivity contribution in [3.8, 4) is 5.75 Å². The van der Waals surface area contributed by atoms with Crippen LogP contribution in [0.15, 0.2) is 30.5 Å². The number of fused-ring (bicyclic) bond motifs is 1. The van der Waals surface area contributed by atoms with Crippen molar-refractivity contribution in [2.45, 2.75) is 20.0 Å². The van der Waals surface area contributed by atoms with E-state index in [2.05, 4.69) is 15.1 Å². The summed E-state index contributed by atoms with van der Waals surface area (Å²) in [6.45, 7) is 4.00. The number of rotatable bonds is 4. The average Bonchev–Trinajstić information content (AvgIpc) is 2.87. The van der Waals surface area contributed by atoms with Crippen LogP contribution < -0.4 is 9.64 Å². The van der Waals surface area contributed by atoms with Crippen LogP contribution in [0.2, 0.25) is 5.28 Å². The summed E-state index contributed by atoms with van der Waals surface area (Å²) in [5, 5.41) is 4.43. The molecule has 3 rings (SSSR count). The van der Waals surface area contributed by atoms with Gasteiger partial charge in [-0.15, -0.1) is 0 Å². The van der Waals surface area contributed by atoms with E-state index in [0.29, 0.717) is 11.3 Å². The molecule has 7 heteroatoms. The van der Waals surface area contributed by atoms with E-state index < -0.39 is 0 Å². The van der Waals surface area contributed by atoms with Crippen molar-refractivity contribution in [2.24, 2.45) is 7.05 Å². The molecule has 6 nitrogen and oxygen atoms in total. The summed E-state index contributed by atoms with van der Waals surface area (Å²) in [6.07, 6.45) is 1.83. The number of anilines is 2. The van der Waals surface area contributed by atoms with Crippen molar-refractivity contribution in [2.75, 3.05) is 11.9 Å². The average molecular weight is 332 g/mol. The van der Waals surface area contributed by atoms with E-state index in [4.69, 9.17) is 16.3 Å². The summed E-state index contributed by atoms with van der Waals surface area (Å²) in [5.74, 6) is 1.54. The van der Waals surface area contributed by atoms with E-state index in [0.717, 1.165) is 17.0 Å². The molecule has 0 unspecified atom stereocenters. The lowest BCUT2D eigenvalue weighted by molar-refractivity contribution is 0.242. The highest BCUT2D eigenvalue weighted by molar-refractivity contribution is 6.28. The second-order valence-corrected chi connectivity index (χ2v) is 5.88. The van der Waals surface area contributed by atoms with E-state index in [1.54, 1.807) is 10.9 Å². The maximum Gasteiger partial charge on any atom is 0.225 e. The van der Waals surface area contributed by atoms with Gasteiger partial charge in [0.15, 0.2) is 5.82 Å². The number of hydrogen-bond acceptors (Lipinski definition) is 5. The Morgan fingerprint density at radius 3 is 2.52 bits per heavy atom. The van der Waals surface area contributed by atoms with Crippen LogP contribution in [0, 0.1) is 0 Å². The molecule has 0 spiro atoms. The highest BCUT2D eigenvalue weighted by Crippen LogP contribution is 2.30. The molecule has 0 aliphatic carbocycles. The molecule has 120 valence electrons. The summed E-state index contributed by atoms with van der Waals surface area (Å²) in [5.41, 5.74) is 2.52. The molecule has 0 bridgehead atoms. The first-order chi connectivity index (χ1) is 11.0. The standard InChI is InChI=1S/C16H18ClN5O/c1-10(2)23-12-7-5-11(6-8-12)21(3)15-14-13(9-18-22(14)4)19-16(17)20-15/h5-10H,1-4H3. The molecule has 0 aliphatic heterocycles. The van der Waals surface area contributed by atoms with Gasteiger partial charge in [0.1, 0.15) is 16.8 Å². The third kappa shape index (κ3) is 3.07. The zero-order chi connectivity index (χ0) is 16.6.